The molecular formula is C33H37FN2O9S. The van der Waals surface area contributed by atoms with E-state index in [2.05, 4.69) is 5.32 Å². The summed E-state index contributed by atoms with van der Waals surface area (Å²) in [6, 6.07) is 18.9. The minimum Gasteiger partial charge on any atom is -0.480 e. The van der Waals surface area contributed by atoms with Gasteiger partial charge in [-0.05, 0) is 47.5 Å². The van der Waals surface area contributed by atoms with Gasteiger partial charge in [0.15, 0.2) is 5.60 Å². The van der Waals surface area contributed by atoms with Crippen LogP contribution in [0.15, 0.2) is 83.8 Å². The standard InChI is InChI=1S/C33H37FN2O9S/c1-21(2)30(39)43-31(22(3)4)44-32(40)35-28(29(37)38)18-23-9-8-12-27(17-23)46(41,42)36-19-33(20-36,24-10-6-5-7-11-24)45-26-15-13-25(34)14-16-26/h5-17,21-22,28,31H,18-20H2,1-4H3,(H,35,40)(H,37,38)/t28-,31?/m0/s1. The van der Waals surface area contributed by atoms with Gasteiger partial charge in [0.2, 0.25) is 10.0 Å². The maximum absolute atomic E-state index is 13.7. The summed E-state index contributed by atoms with van der Waals surface area (Å²) in [5.74, 6) is -2.86. The fourth-order valence-corrected chi connectivity index (χ4v) is 6.32. The summed E-state index contributed by atoms with van der Waals surface area (Å²) in [7, 11) is -4.04. The number of alkyl carbamates (subject to hydrolysis) is 1. The molecule has 0 bridgehead atoms. The number of hydrogen-bond acceptors (Lipinski definition) is 8. The number of carboxylic acids is 1. The molecule has 3 aromatic rings. The molecule has 0 aliphatic carbocycles. The van der Waals surface area contributed by atoms with E-state index < -0.39 is 63.6 Å². The van der Waals surface area contributed by atoms with Gasteiger partial charge in [0.05, 0.1) is 23.9 Å². The minimum absolute atomic E-state index is 0.0233. The van der Waals surface area contributed by atoms with E-state index >= 15 is 0 Å². The topological polar surface area (TPSA) is 149 Å². The molecule has 1 amide bonds. The second-order valence-corrected chi connectivity index (χ2v) is 13.6. The fraction of sp³-hybridized carbons (Fsp3) is 0.364. The number of carbonyl (C=O) groups is 3. The Morgan fingerprint density at radius 3 is 2.17 bits per heavy atom. The number of esters is 1. The van der Waals surface area contributed by atoms with Gasteiger partial charge in [-0.3, -0.25) is 4.79 Å². The number of hydrogen-bond donors (Lipinski definition) is 2. The van der Waals surface area contributed by atoms with Gasteiger partial charge >= 0.3 is 18.0 Å². The van der Waals surface area contributed by atoms with E-state index in [1.54, 1.807) is 33.8 Å². The molecule has 0 spiro atoms. The Labute approximate surface area is 267 Å². The van der Waals surface area contributed by atoms with Crippen molar-refractivity contribution in [1.29, 1.82) is 0 Å². The molecule has 11 nitrogen and oxygen atoms in total. The van der Waals surface area contributed by atoms with Crippen molar-refractivity contribution in [3.63, 3.8) is 0 Å². The molecule has 3 aromatic carbocycles. The highest BCUT2D eigenvalue weighted by molar-refractivity contribution is 7.89. The highest BCUT2D eigenvalue weighted by Crippen LogP contribution is 2.40. The zero-order valence-corrected chi connectivity index (χ0v) is 26.7. The number of rotatable bonds is 13. The lowest BCUT2D eigenvalue weighted by atomic mass is 9.87. The SMILES string of the molecule is CC(C)C(=O)OC(OC(=O)N[C@@H](Cc1cccc(S(=O)(=O)N2CC(Oc3ccc(F)cc3)(c3ccccc3)C2)c1)C(=O)O)C(C)C. The number of benzene rings is 3. The number of nitrogens with zero attached hydrogens (tertiary/aromatic N) is 1. The molecule has 246 valence electrons. The van der Waals surface area contributed by atoms with Crippen LogP contribution in [-0.4, -0.2) is 61.3 Å². The van der Waals surface area contributed by atoms with Crippen molar-refractivity contribution in [2.75, 3.05) is 13.1 Å². The molecule has 2 N–H and O–H groups in total. The van der Waals surface area contributed by atoms with E-state index in [0.29, 0.717) is 11.3 Å². The average molecular weight is 657 g/mol. The number of aliphatic carboxylic acids is 1. The van der Waals surface area contributed by atoms with Crippen LogP contribution in [0.1, 0.15) is 38.8 Å². The Morgan fingerprint density at radius 1 is 0.935 bits per heavy atom. The molecule has 13 heteroatoms. The van der Waals surface area contributed by atoms with E-state index in [9.17, 15) is 32.3 Å². The van der Waals surface area contributed by atoms with Crippen molar-refractivity contribution in [3.8, 4) is 5.75 Å². The maximum Gasteiger partial charge on any atom is 0.410 e. The summed E-state index contributed by atoms with van der Waals surface area (Å²) in [4.78, 5) is 36.5. The zero-order chi connectivity index (χ0) is 33.6. The third kappa shape index (κ3) is 8.20. The molecule has 2 atom stereocenters. The number of nitrogens with one attached hydrogen (secondary N) is 1. The third-order valence-corrected chi connectivity index (χ3v) is 9.12. The van der Waals surface area contributed by atoms with Crippen molar-refractivity contribution in [2.24, 2.45) is 11.8 Å². The van der Waals surface area contributed by atoms with Gasteiger partial charge in [0.1, 0.15) is 17.6 Å². The summed E-state index contributed by atoms with van der Waals surface area (Å²) >= 11 is 0. The van der Waals surface area contributed by atoms with Crippen molar-refractivity contribution < 1.29 is 46.5 Å². The lowest BCUT2D eigenvalue weighted by Crippen LogP contribution is -2.64. The van der Waals surface area contributed by atoms with E-state index in [1.807, 2.05) is 30.3 Å². The number of sulfonamides is 1. The third-order valence-electron chi connectivity index (χ3n) is 7.33. The number of ether oxygens (including phenoxy) is 3. The molecule has 0 radical (unpaired) electrons. The van der Waals surface area contributed by atoms with Gasteiger partial charge in [0.25, 0.3) is 6.29 Å². The first-order chi connectivity index (χ1) is 21.7. The van der Waals surface area contributed by atoms with Crippen LogP contribution >= 0.6 is 0 Å². The predicted molar refractivity (Wildman–Crippen MR) is 165 cm³/mol. The average Bonchev–Trinajstić information content (AvgIpc) is 2.99. The lowest BCUT2D eigenvalue weighted by molar-refractivity contribution is -0.179. The first-order valence-corrected chi connectivity index (χ1v) is 16.1. The Morgan fingerprint density at radius 2 is 1.59 bits per heavy atom. The minimum atomic E-state index is -4.04. The van der Waals surface area contributed by atoms with Gasteiger partial charge in [-0.1, -0.05) is 70.2 Å². The Balaban J connectivity index is 1.47. The van der Waals surface area contributed by atoms with E-state index in [0.717, 1.165) is 5.56 Å². The van der Waals surface area contributed by atoms with E-state index in [-0.39, 0.29) is 24.4 Å². The van der Waals surface area contributed by atoms with Crippen LogP contribution in [0, 0.1) is 17.7 Å². The highest BCUT2D eigenvalue weighted by atomic mass is 32.2. The number of carbonyl (C=O) groups excluding carboxylic acids is 2. The molecule has 1 unspecified atom stereocenters. The molecular weight excluding hydrogens is 619 g/mol. The normalized spacial score (nSPS) is 15.8. The molecule has 1 heterocycles. The Bertz CT molecular complexity index is 1640. The predicted octanol–water partition coefficient (Wildman–Crippen LogP) is 4.71. The van der Waals surface area contributed by atoms with Crippen molar-refractivity contribution in [3.05, 3.63) is 95.8 Å². The monoisotopic (exact) mass is 656 g/mol. The number of amides is 1. The van der Waals surface area contributed by atoms with Crippen LogP contribution in [0.4, 0.5) is 9.18 Å². The van der Waals surface area contributed by atoms with Crippen LogP contribution in [0.3, 0.4) is 0 Å². The second-order valence-electron chi connectivity index (χ2n) is 11.7. The summed E-state index contributed by atoms with van der Waals surface area (Å²) in [6.45, 7) is 6.54. The van der Waals surface area contributed by atoms with Crippen LogP contribution in [0.2, 0.25) is 0 Å². The smallest absolute Gasteiger partial charge is 0.410 e. The summed E-state index contributed by atoms with van der Waals surface area (Å²) in [5, 5.41) is 12.1. The van der Waals surface area contributed by atoms with Crippen LogP contribution in [0.5, 0.6) is 5.75 Å². The maximum atomic E-state index is 13.7. The van der Waals surface area contributed by atoms with Crippen molar-refractivity contribution >= 4 is 28.1 Å². The highest BCUT2D eigenvalue weighted by Gasteiger charge is 2.52. The summed E-state index contributed by atoms with van der Waals surface area (Å²) in [6.07, 6.45) is -2.59. The molecule has 1 aliphatic heterocycles. The molecule has 4 rings (SSSR count). The number of carboxylic acid groups (broad SMARTS) is 1. The molecule has 1 fully saturated rings. The van der Waals surface area contributed by atoms with Gasteiger partial charge < -0.3 is 24.6 Å². The van der Waals surface area contributed by atoms with E-state index in [1.165, 1.54) is 46.8 Å². The van der Waals surface area contributed by atoms with Crippen LogP contribution < -0.4 is 10.1 Å². The molecule has 46 heavy (non-hydrogen) atoms. The van der Waals surface area contributed by atoms with Gasteiger partial charge in [-0.15, -0.1) is 0 Å². The molecule has 1 saturated heterocycles. The van der Waals surface area contributed by atoms with Gasteiger partial charge in [-0.2, -0.15) is 4.31 Å². The molecule has 0 saturated carbocycles. The Kier molecular flexibility index (Phi) is 10.7. The molecule has 1 aliphatic rings. The lowest BCUT2D eigenvalue weighted by Gasteiger charge is -2.48. The second kappa shape index (κ2) is 14.3. The van der Waals surface area contributed by atoms with Gasteiger partial charge in [0, 0.05) is 12.3 Å². The molecule has 0 aromatic heterocycles. The van der Waals surface area contributed by atoms with Crippen LogP contribution in [-0.2, 0) is 41.1 Å². The van der Waals surface area contributed by atoms with Crippen molar-refractivity contribution in [1.82, 2.24) is 9.62 Å². The summed E-state index contributed by atoms with van der Waals surface area (Å²) in [5.41, 5.74) is 0.0677. The summed E-state index contributed by atoms with van der Waals surface area (Å²) < 4.78 is 58.7. The van der Waals surface area contributed by atoms with E-state index in [4.69, 9.17) is 14.2 Å². The zero-order valence-electron chi connectivity index (χ0n) is 25.9. The Hall–Kier alpha value is -4.49. The van der Waals surface area contributed by atoms with Crippen molar-refractivity contribution in [2.45, 2.75) is 56.9 Å². The number of halogens is 1. The first kappa shape index (κ1) is 34.4. The first-order valence-electron chi connectivity index (χ1n) is 14.7. The van der Waals surface area contributed by atoms with Gasteiger partial charge in [-0.25, -0.2) is 22.4 Å². The van der Waals surface area contributed by atoms with Crippen LogP contribution in [0.25, 0.3) is 0 Å². The quantitative estimate of drug-likeness (QED) is 0.197. The fourth-order valence-electron chi connectivity index (χ4n) is 4.72. The largest absolute Gasteiger partial charge is 0.480 e.